The Labute approximate surface area is 69.3 Å². The van der Waals surface area contributed by atoms with E-state index < -0.39 is 0 Å². The molecule has 0 heteroatoms. The Morgan fingerprint density at radius 3 is 2.64 bits per heavy atom. The fraction of sp³-hybridized carbons (Fsp3) is 0.455. The zero-order chi connectivity index (χ0) is 8.27. The van der Waals surface area contributed by atoms with Gasteiger partial charge in [-0.05, 0) is 24.8 Å². The van der Waals surface area contributed by atoms with Crippen molar-refractivity contribution in [2.75, 3.05) is 0 Å². The SMILES string of the molecule is CC[C@H](C)c1cccc(C)c1. The molecule has 1 rings (SSSR count). The summed E-state index contributed by atoms with van der Waals surface area (Å²) in [7, 11) is 0. The maximum absolute atomic E-state index is 2.27. The second-order valence-corrected chi connectivity index (χ2v) is 3.22. The summed E-state index contributed by atoms with van der Waals surface area (Å²) in [4.78, 5) is 0. The summed E-state index contributed by atoms with van der Waals surface area (Å²) in [5.74, 6) is 0.704. The molecule has 0 unspecified atom stereocenters. The molecule has 1 aromatic rings. The number of hydrogen-bond acceptors (Lipinski definition) is 0. The lowest BCUT2D eigenvalue weighted by Gasteiger charge is -2.08. The first-order valence-corrected chi connectivity index (χ1v) is 4.30. The normalized spacial score (nSPS) is 13.0. The largest absolute Gasteiger partial charge is 0.0648 e. The monoisotopic (exact) mass is 148 g/mol. The molecule has 60 valence electrons. The van der Waals surface area contributed by atoms with Gasteiger partial charge in [0.25, 0.3) is 0 Å². The van der Waals surface area contributed by atoms with Crippen LogP contribution < -0.4 is 0 Å². The number of benzene rings is 1. The average molecular weight is 148 g/mol. The van der Waals surface area contributed by atoms with E-state index in [4.69, 9.17) is 0 Å². The summed E-state index contributed by atoms with van der Waals surface area (Å²) < 4.78 is 0. The molecule has 0 aromatic heterocycles. The van der Waals surface area contributed by atoms with Crippen LogP contribution >= 0.6 is 0 Å². The van der Waals surface area contributed by atoms with Gasteiger partial charge in [-0.15, -0.1) is 0 Å². The first kappa shape index (κ1) is 8.32. The van der Waals surface area contributed by atoms with Crippen LogP contribution in [-0.4, -0.2) is 0 Å². The summed E-state index contributed by atoms with van der Waals surface area (Å²) in [6.07, 6.45) is 1.23. The van der Waals surface area contributed by atoms with E-state index in [-0.39, 0.29) is 0 Å². The van der Waals surface area contributed by atoms with Crippen molar-refractivity contribution < 1.29 is 0 Å². The Hall–Kier alpha value is -0.780. The third-order valence-electron chi connectivity index (χ3n) is 2.22. The molecule has 0 aliphatic heterocycles. The Kier molecular flexibility index (Phi) is 2.70. The minimum Gasteiger partial charge on any atom is -0.0648 e. The highest BCUT2D eigenvalue weighted by molar-refractivity contribution is 5.24. The van der Waals surface area contributed by atoms with Gasteiger partial charge < -0.3 is 0 Å². The average Bonchev–Trinajstić information content (AvgIpc) is 2.03. The van der Waals surface area contributed by atoms with E-state index in [1.54, 1.807) is 0 Å². The summed E-state index contributed by atoms with van der Waals surface area (Å²) in [6.45, 7) is 6.65. The highest BCUT2D eigenvalue weighted by Gasteiger charge is 2.00. The van der Waals surface area contributed by atoms with Gasteiger partial charge in [-0.3, -0.25) is 0 Å². The predicted octanol–water partition coefficient (Wildman–Crippen LogP) is 3.51. The van der Waals surface area contributed by atoms with Crippen LogP contribution in [0.25, 0.3) is 0 Å². The molecule has 0 aliphatic carbocycles. The fourth-order valence-electron chi connectivity index (χ4n) is 1.21. The third-order valence-corrected chi connectivity index (χ3v) is 2.22. The van der Waals surface area contributed by atoms with E-state index in [0.717, 1.165) is 0 Å². The van der Waals surface area contributed by atoms with Crippen LogP contribution in [0.4, 0.5) is 0 Å². The minimum atomic E-state index is 0.704. The molecular weight excluding hydrogens is 132 g/mol. The van der Waals surface area contributed by atoms with E-state index in [0.29, 0.717) is 5.92 Å². The van der Waals surface area contributed by atoms with E-state index in [1.807, 2.05) is 0 Å². The summed E-state index contributed by atoms with van der Waals surface area (Å²) in [5.41, 5.74) is 2.83. The standard InChI is InChI=1S/C11H16/c1-4-10(3)11-7-5-6-9(2)8-11/h5-8,10H,4H2,1-3H3/t10-/m0/s1. The lowest BCUT2D eigenvalue weighted by molar-refractivity contribution is 0.733. The number of rotatable bonds is 2. The molecule has 0 saturated carbocycles. The van der Waals surface area contributed by atoms with Gasteiger partial charge in [0.2, 0.25) is 0 Å². The lowest BCUT2D eigenvalue weighted by atomic mass is 9.97. The molecule has 0 heterocycles. The maximum Gasteiger partial charge on any atom is -0.0193 e. The summed E-state index contributed by atoms with van der Waals surface area (Å²) in [6, 6.07) is 8.76. The van der Waals surface area contributed by atoms with Gasteiger partial charge in [-0.2, -0.15) is 0 Å². The second kappa shape index (κ2) is 3.56. The molecule has 0 nitrogen and oxygen atoms in total. The van der Waals surface area contributed by atoms with Crippen LogP contribution in [0.5, 0.6) is 0 Å². The molecule has 0 saturated heterocycles. The highest BCUT2D eigenvalue weighted by atomic mass is 14.1. The zero-order valence-corrected chi connectivity index (χ0v) is 7.59. The van der Waals surface area contributed by atoms with Crippen molar-refractivity contribution in [2.45, 2.75) is 33.1 Å². The second-order valence-electron chi connectivity index (χ2n) is 3.22. The van der Waals surface area contributed by atoms with E-state index in [2.05, 4.69) is 45.0 Å². The quantitative estimate of drug-likeness (QED) is 0.602. The van der Waals surface area contributed by atoms with Crippen LogP contribution in [0, 0.1) is 6.92 Å². The Bertz CT molecular complexity index is 225. The molecule has 0 radical (unpaired) electrons. The van der Waals surface area contributed by atoms with Gasteiger partial charge in [0.1, 0.15) is 0 Å². The van der Waals surface area contributed by atoms with Crippen molar-refractivity contribution >= 4 is 0 Å². The van der Waals surface area contributed by atoms with Crippen molar-refractivity contribution in [2.24, 2.45) is 0 Å². The maximum atomic E-state index is 2.27. The number of aryl methyl sites for hydroxylation is 1. The summed E-state index contributed by atoms with van der Waals surface area (Å²) in [5, 5.41) is 0. The van der Waals surface area contributed by atoms with Crippen LogP contribution in [0.1, 0.15) is 37.3 Å². The zero-order valence-electron chi connectivity index (χ0n) is 7.59. The molecule has 1 aromatic carbocycles. The third kappa shape index (κ3) is 2.07. The first-order valence-electron chi connectivity index (χ1n) is 4.30. The Morgan fingerprint density at radius 2 is 2.09 bits per heavy atom. The van der Waals surface area contributed by atoms with E-state index >= 15 is 0 Å². The van der Waals surface area contributed by atoms with Crippen molar-refractivity contribution in [3.8, 4) is 0 Å². The molecule has 0 amide bonds. The van der Waals surface area contributed by atoms with E-state index in [1.165, 1.54) is 17.5 Å². The first-order chi connectivity index (χ1) is 5.24. The van der Waals surface area contributed by atoms with Crippen molar-refractivity contribution in [3.05, 3.63) is 35.4 Å². The van der Waals surface area contributed by atoms with Crippen molar-refractivity contribution in [1.82, 2.24) is 0 Å². The highest BCUT2D eigenvalue weighted by Crippen LogP contribution is 2.18. The molecule has 0 bridgehead atoms. The van der Waals surface area contributed by atoms with Crippen LogP contribution in [0.15, 0.2) is 24.3 Å². The topological polar surface area (TPSA) is 0 Å². The van der Waals surface area contributed by atoms with E-state index in [9.17, 15) is 0 Å². The van der Waals surface area contributed by atoms with Gasteiger partial charge >= 0.3 is 0 Å². The lowest BCUT2D eigenvalue weighted by Crippen LogP contribution is -1.90. The molecule has 0 N–H and O–H groups in total. The molecule has 0 spiro atoms. The summed E-state index contributed by atoms with van der Waals surface area (Å²) >= 11 is 0. The smallest absolute Gasteiger partial charge is 0.0193 e. The van der Waals surface area contributed by atoms with Crippen molar-refractivity contribution in [1.29, 1.82) is 0 Å². The molecular formula is C11H16. The van der Waals surface area contributed by atoms with Gasteiger partial charge in [0.15, 0.2) is 0 Å². The molecule has 0 aliphatic rings. The van der Waals surface area contributed by atoms with Crippen LogP contribution in [-0.2, 0) is 0 Å². The van der Waals surface area contributed by atoms with Gasteiger partial charge in [0.05, 0.1) is 0 Å². The molecule has 0 fully saturated rings. The van der Waals surface area contributed by atoms with Crippen molar-refractivity contribution in [3.63, 3.8) is 0 Å². The Balaban J connectivity index is 2.86. The van der Waals surface area contributed by atoms with Gasteiger partial charge in [-0.25, -0.2) is 0 Å². The van der Waals surface area contributed by atoms with Crippen LogP contribution in [0.3, 0.4) is 0 Å². The van der Waals surface area contributed by atoms with Gasteiger partial charge in [-0.1, -0.05) is 43.7 Å². The van der Waals surface area contributed by atoms with Gasteiger partial charge in [0, 0.05) is 0 Å². The predicted molar refractivity (Wildman–Crippen MR) is 49.9 cm³/mol. The number of hydrogen-bond donors (Lipinski definition) is 0. The Morgan fingerprint density at radius 1 is 1.36 bits per heavy atom. The molecule has 11 heavy (non-hydrogen) atoms. The fourth-order valence-corrected chi connectivity index (χ4v) is 1.21. The minimum absolute atomic E-state index is 0.704. The molecule has 1 atom stereocenters. The van der Waals surface area contributed by atoms with Crippen LogP contribution in [0.2, 0.25) is 0 Å².